The van der Waals surface area contributed by atoms with Gasteiger partial charge < -0.3 is 5.32 Å². The molecule has 0 aliphatic carbocycles. The lowest BCUT2D eigenvalue weighted by molar-refractivity contribution is -0.105. The van der Waals surface area contributed by atoms with Gasteiger partial charge in [-0.05, 0) is 53.3 Å². The van der Waals surface area contributed by atoms with E-state index < -0.39 is 0 Å². The van der Waals surface area contributed by atoms with Gasteiger partial charge in [0.15, 0.2) is 0 Å². The van der Waals surface area contributed by atoms with Crippen LogP contribution in [0.15, 0.2) is 67.0 Å². The predicted octanol–water partition coefficient (Wildman–Crippen LogP) is 4.86. The van der Waals surface area contributed by atoms with Gasteiger partial charge in [0, 0.05) is 23.6 Å². The quantitative estimate of drug-likeness (QED) is 0.629. The molecule has 0 saturated carbocycles. The summed E-state index contributed by atoms with van der Waals surface area (Å²) < 4.78 is 0. The molecule has 0 fully saturated rings. The van der Waals surface area contributed by atoms with Crippen LogP contribution in [0.25, 0.3) is 11.1 Å². The van der Waals surface area contributed by atoms with Crippen LogP contribution in [0.4, 0.5) is 5.69 Å². The largest absolute Gasteiger partial charge is 0.328 e. The lowest BCUT2D eigenvalue weighted by Crippen LogP contribution is -2.03. The molecule has 3 nitrogen and oxygen atoms in total. The maximum absolute atomic E-state index is 11.0. The Morgan fingerprint density at radius 2 is 1.88 bits per heavy atom. The number of hydrogen-bond donors (Lipinski definition) is 1. The fourth-order valence-electron chi connectivity index (χ4n) is 3.12. The Morgan fingerprint density at radius 3 is 2.56 bits per heavy atom. The van der Waals surface area contributed by atoms with Crippen molar-refractivity contribution in [3.05, 3.63) is 83.7 Å². The van der Waals surface area contributed by atoms with E-state index in [-0.39, 0.29) is 0 Å². The zero-order valence-electron chi connectivity index (χ0n) is 14.4. The van der Waals surface area contributed by atoms with Gasteiger partial charge in [-0.2, -0.15) is 0 Å². The smallest absolute Gasteiger partial charge is 0.211 e. The number of nitrogens with zero attached hydrogens (tertiary/aromatic N) is 1. The van der Waals surface area contributed by atoms with Gasteiger partial charge in [0.1, 0.15) is 0 Å². The molecule has 0 radical (unpaired) electrons. The predicted molar refractivity (Wildman–Crippen MR) is 103 cm³/mol. The van der Waals surface area contributed by atoms with E-state index in [1.165, 1.54) is 16.7 Å². The monoisotopic (exact) mass is 330 g/mol. The molecule has 1 N–H and O–H groups in total. The van der Waals surface area contributed by atoms with Crippen molar-refractivity contribution in [3.63, 3.8) is 0 Å². The van der Waals surface area contributed by atoms with E-state index in [4.69, 9.17) is 0 Å². The molecule has 1 heterocycles. The molecule has 3 rings (SSSR count). The minimum atomic E-state index is 0.755. The highest BCUT2D eigenvalue weighted by molar-refractivity contribution is 5.79. The molecule has 1 aromatic heterocycles. The first-order chi connectivity index (χ1) is 12.3. The normalized spacial score (nSPS) is 10.4. The second kappa shape index (κ2) is 8.25. The molecule has 25 heavy (non-hydrogen) atoms. The third kappa shape index (κ3) is 4.13. The zero-order chi connectivity index (χ0) is 17.5. The van der Waals surface area contributed by atoms with Crippen LogP contribution in [0.1, 0.15) is 30.0 Å². The zero-order valence-corrected chi connectivity index (χ0v) is 14.4. The Labute approximate surface area is 148 Å². The van der Waals surface area contributed by atoms with Crippen molar-refractivity contribution in [2.45, 2.75) is 26.2 Å². The summed E-state index contributed by atoms with van der Waals surface area (Å²) in [6, 6.07) is 18.7. The second-order valence-electron chi connectivity index (χ2n) is 6.08. The van der Waals surface area contributed by atoms with E-state index >= 15 is 0 Å². The number of nitrogens with one attached hydrogen (secondary N) is 1. The van der Waals surface area contributed by atoms with E-state index in [1.807, 2.05) is 18.3 Å². The average Bonchev–Trinajstić information content (AvgIpc) is 2.65. The number of rotatable bonds is 7. The van der Waals surface area contributed by atoms with Gasteiger partial charge in [-0.15, -0.1) is 0 Å². The number of aryl methyl sites for hydroxylation is 1. The molecule has 3 heteroatoms. The summed E-state index contributed by atoms with van der Waals surface area (Å²) in [4.78, 5) is 15.3. The highest BCUT2D eigenvalue weighted by Gasteiger charge is 2.12. The Hall–Kier alpha value is -2.94. The van der Waals surface area contributed by atoms with E-state index in [9.17, 15) is 4.79 Å². The van der Waals surface area contributed by atoms with Gasteiger partial charge in [-0.1, -0.05) is 49.7 Å². The number of carbonyl (C=O) groups is 1. The van der Waals surface area contributed by atoms with Crippen LogP contribution >= 0.6 is 0 Å². The number of hydrogen-bond acceptors (Lipinski definition) is 2. The summed E-state index contributed by atoms with van der Waals surface area (Å²) >= 11 is 0. The highest BCUT2D eigenvalue weighted by Crippen LogP contribution is 2.31. The second-order valence-corrected chi connectivity index (χ2v) is 6.08. The number of carbonyl (C=O) groups excluding carboxylic acids is 1. The van der Waals surface area contributed by atoms with Crippen LogP contribution in [0, 0.1) is 0 Å². The summed E-state index contributed by atoms with van der Waals surface area (Å²) in [5, 5.41) is 2.87. The molecule has 0 bridgehead atoms. The van der Waals surface area contributed by atoms with Gasteiger partial charge in [0.2, 0.25) is 6.41 Å². The molecule has 0 saturated heterocycles. The maximum Gasteiger partial charge on any atom is 0.211 e. The van der Waals surface area contributed by atoms with E-state index in [2.05, 4.69) is 59.7 Å². The molecule has 0 atom stereocenters. The molecule has 0 spiro atoms. The van der Waals surface area contributed by atoms with Crippen LogP contribution < -0.4 is 5.32 Å². The first-order valence-electron chi connectivity index (χ1n) is 8.62. The molecule has 0 aliphatic rings. The Balaban J connectivity index is 2.12. The molecule has 126 valence electrons. The third-order valence-corrected chi connectivity index (χ3v) is 4.27. The Morgan fingerprint density at radius 1 is 1.04 bits per heavy atom. The average molecular weight is 330 g/mol. The SMILES string of the molecule is CCCc1cc(-c2cccnc2)c(Cc2ccccc2)cc1NC=O. The van der Waals surface area contributed by atoms with Crippen LogP contribution in [0.5, 0.6) is 0 Å². The standard InChI is InChI=1S/C22H22N2O/c1-2-7-18-13-21(19-10-6-11-23-15-19)20(14-22(18)24-16-25)12-17-8-4-3-5-9-17/h3-6,8-11,13-16H,2,7,12H2,1H3,(H,24,25). The number of aromatic nitrogens is 1. The fraction of sp³-hybridized carbons (Fsp3) is 0.182. The molecule has 1 amide bonds. The molecular formula is C22H22N2O. The van der Waals surface area contributed by atoms with Gasteiger partial charge in [0.05, 0.1) is 0 Å². The van der Waals surface area contributed by atoms with Crippen molar-refractivity contribution in [3.8, 4) is 11.1 Å². The minimum Gasteiger partial charge on any atom is -0.328 e. The number of pyridine rings is 1. The summed E-state index contributed by atoms with van der Waals surface area (Å²) in [7, 11) is 0. The summed E-state index contributed by atoms with van der Waals surface area (Å²) in [5.74, 6) is 0. The van der Waals surface area contributed by atoms with Crippen LogP contribution in [0.2, 0.25) is 0 Å². The van der Waals surface area contributed by atoms with Crippen LogP contribution in [0.3, 0.4) is 0 Å². The summed E-state index contributed by atoms with van der Waals surface area (Å²) in [6.07, 6.45) is 7.20. The van der Waals surface area contributed by atoms with Gasteiger partial charge in [0.25, 0.3) is 0 Å². The van der Waals surface area contributed by atoms with Crippen molar-refractivity contribution < 1.29 is 4.79 Å². The third-order valence-electron chi connectivity index (χ3n) is 4.27. The molecule has 3 aromatic rings. The highest BCUT2D eigenvalue weighted by atomic mass is 16.1. The molecule has 2 aromatic carbocycles. The summed E-state index contributed by atoms with van der Waals surface area (Å²) in [5.41, 5.74) is 6.76. The number of anilines is 1. The lowest BCUT2D eigenvalue weighted by Gasteiger charge is -2.16. The topological polar surface area (TPSA) is 42.0 Å². The fourth-order valence-corrected chi connectivity index (χ4v) is 3.12. The maximum atomic E-state index is 11.0. The summed E-state index contributed by atoms with van der Waals surface area (Å²) in [6.45, 7) is 2.15. The number of amides is 1. The van der Waals surface area contributed by atoms with Crippen LogP contribution in [-0.4, -0.2) is 11.4 Å². The van der Waals surface area contributed by atoms with Crippen molar-refractivity contribution in [1.82, 2.24) is 4.98 Å². The van der Waals surface area contributed by atoms with Gasteiger partial charge in [-0.3, -0.25) is 9.78 Å². The van der Waals surface area contributed by atoms with Crippen molar-refractivity contribution >= 4 is 12.1 Å². The van der Waals surface area contributed by atoms with E-state index in [1.54, 1.807) is 6.20 Å². The van der Waals surface area contributed by atoms with Crippen molar-refractivity contribution in [2.75, 3.05) is 5.32 Å². The number of benzene rings is 2. The van der Waals surface area contributed by atoms with Gasteiger partial charge in [-0.25, -0.2) is 0 Å². The molecular weight excluding hydrogens is 308 g/mol. The van der Waals surface area contributed by atoms with Crippen molar-refractivity contribution in [1.29, 1.82) is 0 Å². The minimum absolute atomic E-state index is 0.755. The van der Waals surface area contributed by atoms with E-state index in [0.29, 0.717) is 0 Å². The van der Waals surface area contributed by atoms with Crippen LogP contribution in [-0.2, 0) is 17.6 Å². The van der Waals surface area contributed by atoms with Gasteiger partial charge >= 0.3 is 0 Å². The Bertz CT molecular complexity index is 829. The molecule has 0 unspecified atom stereocenters. The lowest BCUT2D eigenvalue weighted by atomic mass is 9.91. The van der Waals surface area contributed by atoms with Crippen molar-refractivity contribution in [2.24, 2.45) is 0 Å². The Kier molecular flexibility index (Phi) is 5.57. The molecule has 0 aliphatic heterocycles. The first kappa shape index (κ1) is 16.9. The first-order valence-corrected chi connectivity index (χ1v) is 8.62. The van der Waals surface area contributed by atoms with E-state index in [0.717, 1.165) is 42.5 Å².